The van der Waals surface area contributed by atoms with Crippen LogP contribution in [-0.2, 0) is 15.1 Å². The van der Waals surface area contributed by atoms with Gasteiger partial charge in [-0.15, -0.1) is 0 Å². The van der Waals surface area contributed by atoms with Crippen molar-refractivity contribution in [2.45, 2.75) is 22.9 Å². The molecule has 0 saturated carbocycles. The largest absolute Gasteiger partial charge is 0.362 e. The molecule has 1 rings (SSSR count). The summed E-state index contributed by atoms with van der Waals surface area (Å²) in [5.41, 5.74) is 4.45. The normalized spacial score (nSPS) is 33.0. The molecule has 1 aliphatic rings. The highest BCUT2D eigenvalue weighted by Gasteiger charge is 2.67. The van der Waals surface area contributed by atoms with E-state index in [2.05, 4.69) is 0 Å². The molecule has 0 aromatic carbocycles. The number of hydrogen-bond acceptors (Lipinski definition) is 4. The summed E-state index contributed by atoms with van der Waals surface area (Å²) in [5.74, 6) is -0.805. The summed E-state index contributed by atoms with van der Waals surface area (Å²) in [5, 5.41) is 0. The Bertz CT molecular complexity index is 361. The van der Waals surface area contributed by atoms with E-state index in [-0.39, 0.29) is 0 Å². The van der Waals surface area contributed by atoms with Gasteiger partial charge in [0.25, 0.3) is 5.91 Å². The van der Waals surface area contributed by atoms with Crippen LogP contribution in [0.25, 0.3) is 0 Å². The van der Waals surface area contributed by atoms with Crippen LogP contribution in [-0.4, -0.2) is 32.3 Å². The minimum Gasteiger partial charge on any atom is -0.307 e. The molecule has 1 saturated heterocycles. The van der Waals surface area contributed by atoms with E-state index >= 15 is 0 Å². The van der Waals surface area contributed by atoms with Crippen LogP contribution in [0.15, 0.2) is 0 Å². The average molecular weight is 320 g/mol. The van der Waals surface area contributed by atoms with Crippen molar-refractivity contribution in [2.75, 3.05) is 0 Å². The van der Waals surface area contributed by atoms with Crippen molar-refractivity contribution in [3.63, 3.8) is 0 Å². The summed E-state index contributed by atoms with van der Waals surface area (Å²) in [4.78, 5) is 11.2. The predicted molar refractivity (Wildman–Crippen MR) is 53.4 cm³/mol. The molecular weight excluding hydrogens is 311 g/mol. The Labute approximate surface area is 89.5 Å². The van der Waals surface area contributed by atoms with E-state index < -0.39 is 25.3 Å². The Balaban J connectivity index is 3.17. The zero-order valence-corrected chi connectivity index (χ0v) is 9.96. The van der Waals surface area contributed by atoms with Crippen LogP contribution in [0.5, 0.6) is 0 Å². The first-order valence-corrected chi connectivity index (χ1v) is 5.80. The van der Waals surface area contributed by atoms with Gasteiger partial charge in [-0.2, -0.15) is 8.42 Å². The fourth-order valence-corrected chi connectivity index (χ4v) is 3.04. The van der Waals surface area contributed by atoms with E-state index in [9.17, 15) is 13.2 Å². The third kappa shape index (κ3) is 1.27. The van der Waals surface area contributed by atoms with E-state index in [1.165, 1.54) is 13.8 Å². The van der Waals surface area contributed by atoms with Gasteiger partial charge < -0.3 is 5.73 Å². The van der Waals surface area contributed by atoms with Crippen LogP contribution in [0.2, 0.25) is 0 Å². The van der Waals surface area contributed by atoms with Gasteiger partial charge in [0.05, 0.1) is 5.54 Å². The number of nitrogens with two attached hydrogens (primary N) is 1. The molecule has 0 radical (unpaired) electrons. The van der Waals surface area contributed by atoms with Crippen LogP contribution in [0.3, 0.4) is 0 Å². The van der Waals surface area contributed by atoms with Crippen LogP contribution in [0.4, 0.5) is 0 Å². The molecule has 0 aromatic heterocycles. The number of alkyl halides is 1. The fourth-order valence-electron chi connectivity index (χ4n) is 1.15. The van der Waals surface area contributed by atoms with Gasteiger partial charge in [0.2, 0.25) is 0 Å². The van der Waals surface area contributed by atoms with Crippen molar-refractivity contribution < 1.29 is 17.8 Å². The van der Waals surface area contributed by atoms with Gasteiger partial charge in [0.1, 0.15) is 0 Å². The molecule has 0 bridgehead atoms. The number of β-lactam (4-membered cyclic amide) rings is 1. The molecule has 1 atom stereocenters. The molecule has 1 heterocycles. The molecule has 1 unspecified atom stereocenters. The lowest BCUT2D eigenvalue weighted by Gasteiger charge is -2.54. The fraction of sp³-hybridized carbons (Fsp3) is 0.800. The Kier molecular flexibility index (Phi) is 2.19. The zero-order chi connectivity index (χ0) is 10.7. The van der Waals surface area contributed by atoms with E-state index in [0.717, 1.165) is 0 Å². The topological polar surface area (TPSA) is 101 Å². The molecular formula is C5H9IN2O4S. The third-order valence-corrected chi connectivity index (χ3v) is 4.99. The maximum atomic E-state index is 11.2. The van der Waals surface area contributed by atoms with E-state index in [1.807, 2.05) is 0 Å². The van der Waals surface area contributed by atoms with Gasteiger partial charge in [-0.25, -0.2) is 4.31 Å². The molecule has 1 amide bonds. The summed E-state index contributed by atoms with van der Waals surface area (Å²) in [6.45, 7) is 2.93. The second kappa shape index (κ2) is 2.55. The van der Waals surface area contributed by atoms with Gasteiger partial charge >= 0.3 is 10.3 Å². The molecule has 1 fully saturated rings. The predicted octanol–water partition coefficient (Wildman–Crippen LogP) is -0.500. The highest BCUT2D eigenvalue weighted by Crippen LogP contribution is 2.45. The molecule has 0 aliphatic carbocycles. The Morgan fingerprint density at radius 2 is 1.92 bits per heavy atom. The van der Waals surface area contributed by atoms with Gasteiger partial charge in [0, 0.05) is 0 Å². The molecule has 6 nitrogen and oxygen atoms in total. The molecule has 76 valence electrons. The summed E-state index contributed by atoms with van der Waals surface area (Å²) < 4.78 is 29.3. The van der Waals surface area contributed by atoms with E-state index in [4.69, 9.17) is 10.3 Å². The quantitative estimate of drug-likeness (QED) is 0.223. The Morgan fingerprint density at radius 1 is 1.54 bits per heavy atom. The zero-order valence-electron chi connectivity index (χ0n) is 6.98. The van der Waals surface area contributed by atoms with Crippen molar-refractivity contribution >= 4 is 38.8 Å². The summed E-state index contributed by atoms with van der Waals surface area (Å²) in [6.07, 6.45) is 0. The third-order valence-electron chi connectivity index (χ3n) is 2.12. The van der Waals surface area contributed by atoms with E-state index in [0.29, 0.717) is 4.31 Å². The minimum absolute atomic E-state index is 0.381. The summed E-state index contributed by atoms with van der Waals surface area (Å²) in [6, 6.07) is 0. The summed E-state index contributed by atoms with van der Waals surface area (Å²) in [7, 11) is -4.49. The van der Waals surface area contributed by atoms with Gasteiger partial charge in [-0.1, -0.05) is 0 Å². The lowest BCUT2D eigenvalue weighted by Crippen LogP contribution is -2.81. The summed E-state index contributed by atoms with van der Waals surface area (Å²) >= 11 is 1.66. The van der Waals surface area contributed by atoms with Crippen molar-refractivity contribution in [3.05, 3.63) is 0 Å². The maximum Gasteiger partial charge on any atom is 0.362 e. The molecule has 0 aromatic rings. The SMILES string of the molecule is CC1(C)N(S(=O)(=O)O)C(=O)C1(N)I. The highest BCUT2D eigenvalue weighted by molar-refractivity contribution is 14.1. The minimum atomic E-state index is -4.49. The number of carbonyl (C=O) groups excluding carboxylic acids is 1. The molecule has 0 spiro atoms. The smallest absolute Gasteiger partial charge is 0.307 e. The number of rotatable bonds is 1. The Morgan fingerprint density at radius 3 is 2.08 bits per heavy atom. The molecule has 3 N–H and O–H groups in total. The van der Waals surface area contributed by atoms with Crippen LogP contribution >= 0.6 is 22.6 Å². The van der Waals surface area contributed by atoms with E-state index in [1.54, 1.807) is 22.6 Å². The van der Waals surface area contributed by atoms with Crippen molar-refractivity contribution in [3.8, 4) is 0 Å². The van der Waals surface area contributed by atoms with Gasteiger partial charge in [-0.05, 0) is 36.4 Å². The maximum absolute atomic E-state index is 11.2. The number of amides is 1. The van der Waals surface area contributed by atoms with Crippen molar-refractivity contribution in [2.24, 2.45) is 5.73 Å². The monoisotopic (exact) mass is 320 g/mol. The average Bonchev–Trinajstić information content (AvgIpc) is 1.82. The van der Waals surface area contributed by atoms with Crippen molar-refractivity contribution in [1.82, 2.24) is 4.31 Å². The lowest BCUT2D eigenvalue weighted by atomic mass is 9.86. The lowest BCUT2D eigenvalue weighted by molar-refractivity contribution is -0.148. The Hall–Kier alpha value is 0.0700. The number of hydrogen-bond donors (Lipinski definition) is 2. The highest BCUT2D eigenvalue weighted by atomic mass is 127. The number of halogens is 1. The first-order valence-electron chi connectivity index (χ1n) is 3.33. The van der Waals surface area contributed by atoms with Gasteiger partial charge in [-0.3, -0.25) is 9.35 Å². The van der Waals surface area contributed by atoms with Crippen LogP contribution in [0, 0.1) is 0 Å². The molecule has 8 heteroatoms. The first kappa shape index (κ1) is 11.1. The second-order valence-electron chi connectivity index (χ2n) is 3.32. The second-order valence-corrected chi connectivity index (χ2v) is 6.28. The number of carbonyl (C=O) groups is 1. The number of nitrogens with zero attached hydrogens (tertiary/aromatic N) is 1. The van der Waals surface area contributed by atoms with Crippen molar-refractivity contribution in [1.29, 1.82) is 0 Å². The van der Waals surface area contributed by atoms with Gasteiger partial charge in [0.15, 0.2) is 3.55 Å². The first-order chi connectivity index (χ1) is 5.53. The molecule has 13 heavy (non-hydrogen) atoms. The van der Waals surface area contributed by atoms with Crippen LogP contribution in [0.1, 0.15) is 13.8 Å². The molecule has 1 aliphatic heterocycles. The van der Waals surface area contributed by atoms with Crippen LogP contribution < -0.4 is 5.73 Å². The standard InChI is InChI=1S/C5H9IN2O4S/c1-4(2)5(6,7)3(9)8(4)13(10,11)12/h7H2,1-2H3,(H,10,11,12).